The highest BCUT2D eigenvalue weighted by Gasteiger charge is 2.18. The van der Waals surface area contributed by atoms with E-state index in [-0.39, 0.29) is 11.6 Å². The standard InChI is InChI=1S/C29H32N4O3/c1-2-5-27(23-9-12-26(13-10-23)36-19-16-33-14-17-35-18-15-33)32-29(34)24(21-30)20-25-11-8-22-6-3-4-7-28(22)31-25/h3-4,6-13,20,27H,2,5,14-19H2,1H3,(H,32,34)/b24-20+. The highest BCUT2D eigenvalue weighted by atomic mass is 16.5. The van der Waals surface area contributed by atoms with Crippen LogP contribution < -0.4 is 10.1 Å². The van der Waals surface area contributed by atoms with E-state index < -0.39 is 5.91 Å². The smallest absolute Gasteiger partial charge is 0.262 e. The van der Waals surface area contributed by atoms with E-state index in [9.17, 15) is 10.1 Å². The average molecular weight is 485 g/mol. The highest BCUT2D eigenvalue weighted by molar-refractivity contribution is 6.01. The number of fused-ring (bicyclic) bond motifs is 1. The topological polar surface area (TPSA) is 87.5 Å². The fourth-order valence-corrected chi connectivity index (χ4v) is 4.22. The first-order valence-electron chi connectivity index (χ1n) is 12.5. The highest BCUT2D eigenvalue weighted by Crippen LogP contribution is 2.23. The molecular formula is C29H32N4O3. The molecule has 7 nitrogen and oxygen atoms in total. The van der Waals surface area contributed by atoms with Gasteiger partial charge < -0.3 is 14.8 Å². The lowest BCUT2D eigenvalue weighted by Gasteiger charge is -2.26. The van der Waals surface area contributed by atoms with E-state index >= 15 is 0 Å². The van der Waals surface area contributed by atoms with Gasteiger partial charge in [-0.2, -0.15) is 5.26 Å². The Morgan fingerprint density at radius 1 is 1.17 bits per heavy atom. The van der Waals surface area contributed by atoms with Gasteiger partial charge in [0.15, 0.2) is 0 Å². The molecule has 0 aliphatic carbocycles. The van der Waals surface area contributed by atoms with Crippen molar-refractivity contribution < 1.29 is 14.3 Å². The van der Waals surface area contributed by atoms with Crippen molar-refractivity contribution in [2.75, 3.05) is 39.5 Å². The lowest BCUT2D eigenvalue weighted by molar-refractivity contribution is -0.117. The van der Waals surface area contributed by atoms with Crippen molar-refractivity contribution >= 4 is 22.9 Å². The second kappa shape index (κ2) is 12.8. The summed E-state index contributed by atoms with van der Waals surface area (Å²) in [7, 11) is 0. The van der Waals surface area contributed by atoms with Gasteiger partial charge in [0.2, 0.25) is 0 Å². The first kappa shape index (κ1) is 25.4. The maximum absolute atomic E-state index is 13.0. The molecule has 1 fully saturated rings. The molecule has 1 saturated heterocycles. The van der Waals surface area contributed by atoms with Crippen LogP contribution in [0.5, 0.6) is 5.75 Å². The van der Waals surface area contributed by atoms with E-state index in [1.54, 1.807) is 0 Å². The van der Waals surface area contributed by atoms with Gasteiger partial charge in [-0.05, 0) is 42.3 Å². The Morgan fingerprint density at radius 3 is 2.69 bits per heavy atom. The van der Waals surface area contributed by atoms with E-state index in [1.807, 2.05) is 66.7 Å². The van der Waals surface area contributed by atoms with E-state index in [4.69, 9.17) is 9.47 Å². The zero-order chi connectivity index (χ0) is 25.2. The molecule has 1 N–H and O–H groups in total. The maximum Gasteiger partial charge on any atom is 0.262 e. The predicted molar refractivity (Wildman–Crippen MR) is 140 cm³/mol. The number of benzene rings is 2. The van der Waals surface area contributed by atoms with Gasteiger partial charge in [0.25, 0.3) is 5.91 Å². The number of rotatable bonds is 10. The number of amides is 1. The van der Waals surface area contributed by atoms with Crippen molar-refractivity contribution in [3.63, 3.8) is 0 Å². The van der Waals surface area contributed by atoms with Crippen LogP contribution in [0, 0.1) is 11.3 Å². The Labute approximate surface area is 212 Å². The monoisotopic (exact) mass is 484 g/mol. The van der Waals surface area contributed by atoms with Crippen LogP contribution in [-0.4, -0.2) is 55.2 Å². The summed E-state index contributed by atoms with van der Waals surface area (Å²) in [6.07, 6.45) is 3.19. The summed E-state index contributed by atoms with van der Waals surface area (Å²) in [4.78, 5) is 19.9. The number of hydrogen-bond donors (Lipinski definition) is 1. The molecule has 1 atom stereocenters. The third-order valence-corrected chi connectivity index (χ3v) is 6.22. The van der Waals surface area contributed by atoms with Gasteiger partial charge in [0.05, 0.1) is 30.5 Å². The van der Waals surface area contributed by atoms with Gasteiger partial charge in [0, 0.05) is 25.0 Å². The number of nitrogens with one attached hydrogen (secondary N) is 1. The molecular weight excluding hydrogens is 452 g/mol. The molecule has 3 aromatic rings. The molecule has 2 aromatic carbocycles. The summed E-state index contributed by atoms with van der Waals surface area (Å²) in [5, 5.41) is 13.7. The van der Waals surface area contributed by atoms with Crippen LogP contribution in [-0.2, 0) is 9.53 Å². The quantitative estimate of drug-likeness (QED) is 0.337. The van der Waals surface area contributed by atoms with Crippen molar-refractivity contribution in [2.24, 2.45) is 0 Å². The number of hydrogen-bond acceptors (Lipinski definition) is 6. The van der Waals surface area contributed by atoms with Gasteiger partial charge in [-0.3, -0.25) is 9.69 Å². The summed E-state index contributed by atoms with van der Waals surface area (Å²) in [5.74, 6) is 0.394. The van der Waals surface area contributed by atoms with Crippen LogP contribution in [0.15, 0.2) is 66.2 Å². The summed E-state index contributed by atoms with van der Waals surface area (Å²) in [5.41, 5.74) is 2.40. The van der Waals surface area contributed by atoms with Crippen LogP contribution >= 0.6 is 0 Å². The van der Waals surface area contributed by atoms with Crippen molar-refractivity contribution in [1.29, 1.82) is 5.26 Å². The molecule has 186 valence electrons. The fourth-order valence-electron chi connectivity index (χ4n) is 4.22. The molecule has 1 aliphatic rings. The normalized spacial score (nSPS) is 15.3. The molecule has 0 spiro atoms. The molecule has 36 heavy (non-hydrogen) atoms. The SMILES string of the molecule is CCCC(NC(=O)/C(C#N)=C/c1ccc2ccccc2n1)c1ccc(OCCN2CCOCC2)cc1. The van der Waals surface area contributed by atoms with Crippen molar-refractivity contribution in [2.45, 2.75) is 25.8 Å². The molecule has 1 aromatic heterocycles. The average Bonchev–Trinajstić information content (AvgIpc) is 2.92. The number of carbonyl (C=O) groups excluding carboxylic acids is 1. The van der Waals surface area contributed by atoms with Crippen molar-refractivity contribution in [3.8, 4) is 11.8 Å². The van der Waals surface area contributed by atoms with Crippen molar-refractivity contribution in [1.82, 2.24) is 15.2 Å². The molecule has 0 saturated carbocycles. The molecule has 1 aliphatic heterocycles. The second-order valence-electron chi connectivity index (χ2n) is 8.78. The number of ether oxygens (including phenoxy) is 2. The molecule has 0 radical (unpaired) electrons. The molecule has 1 amide bonds. The number of aromatic nitrogens is 1. The van der Waals surface area contributed by atoms with Crippen molar-refractivity contribution in [3.05, 3.63) is 77.5 Å². The molecule has 7 heteroatoms. The Morgan fingerprint density at radius 2 is 1.94 bits per heavy atom. The van der Waals surface area contributed by atoms with E-state index in [2.05, 4.69) is 22.1 Å². The second-order valence-corrected chi connectivity index (χ2v) is 8.78. The molecule has 2 heterocycles. The predicted octanol–water partition coefficient (Wildman–Crippen LogP) is 4.51. The molecule has 4 rings (SSSR count). The summed E-state index contributed by atoms with van der Waals surface area (Å²) in [6, 6.07) is 21.2. The number of pyridine rings is 1. The number of nitrogens with zero attached hydrogens (tertiary/aromatic N) is 3. The van der Waals surface area contributed by atoms with Crippen LogP contribution in [0.3, 0.4) is 0 Å². The Hall–Kier alpha value is -3.73. The minimum absolute atomic E-state index is 0.0296. The van der Waals surface area contributed by atoms with Gasteiger partial charge in [-0.25, -0.2) is 4.98 Å². The zero-order valence-corrected chi connectivity index (χ0v) is 20.7. The number of carbonyl (C=O) groups is 1. The minimum atomic E-state index is -0.406. The van der Waals surface area contributed by atoms with Gasteiger partial charge in [0.1, 0.15) is 24.0 Å². The fraction of sp³-hybridized carbons (Fsp3) is 0.345. The first-order chi connectivity index (χ1) is 17.7. The largest absolute Gasteiger partial charge is 0.492 e. The van der Waals surface area contributed by atoms with Gasteiger partial charge >= 0.3 is 0 Å². The molecule has 0 bridgehead atoms. The zero-order valence-electron chi connectivity index (χ0n) is 20.7. The Bertz CT molecular complexity index is 1230. The van der Waals surface area contributed by atoms with E-state index in [1.165, 1.54) is 6.08 Å². The van der Waals surface area contributed by atoms with E-state index in [0.29, 0.717) is 12.3 Å². The van der Waals surface area contributed by atoms with Crippen LogP contribution in [0.2, 0.25) is 0 Å². The Balaban J connectivity index is 1.39. The van der Waals surface area contributed by atoms with Crippen LogP contribution in [0.1, 0.15) is 37.1 Å². The van der Waals surface area contributed by atoms with Crippen LogP contribution in [0.25, 0.3) is 17.0 Å². The molecule has 1 unspecified atom stereocenters. The van der Waals surface area contributed by atoms with Crippen LogP contribution in [0.4, 0.5) is 0 Å². The first-order valence-corrected chi connectivity index (χ1v) is 12.5. The minimum Gasteiger partial charge on any atom is -0.492 e. The summed E-state index contributed by atoms with van der Waals surface area (Å²) in [6.45, 7) is 7.00. The van der Waals surface area contributed by atoms with Gasteiger partial charge in [-0.15, -0.1) is 0 Å². The van der Waals surface area contributed by atoms with E-state index in [0.717, 1.165) is 67.9 Å². The number of morpholine rings is 1. The lowest BCUT2D eigenvalue weighted by Crippen LogP contribution is -2.38. The third-order valence-electron chi connectivity index (χ3n) is 6.22. The summed E-state index contributed by atoms with van der Waals surface area (Å²) >= 11 is 0. The third kappa shape index (κ3) is 6.91. The Kier molecular flexibility index (Phi) is 9.03. The lowest BCUT2D eigenvalue weighted by atomic mass is 10.0. The number of nitriles is 1. The number of para-hydroxylation sites is 1. The summed E-state index contributed by atoms with van der Waals surface area (Å²) < 4.78 is 11.3. The van der Waals surface area contributed by atoms with Gasteiger partial charge in [-0.1, -0.05) is 49.7 Å². The maximum atomic E-state index is 13.0.